The Labute approximate surface area is 243 Å². The van der Waals surface area contributed by atoms with E-state index in [1.54, 1.807) is 25.3 Å². The molecule has 0 spiro atoms. The van der Waals surface area contributed by atoms with Gasteiger partial charge in [-0.2, -0.15) is 0 Å². The Kier molecular flexibility index (Phi) is 9.33. The molecule has 4 rings (SSSR count). The summed E-state index contributed by atoms with van der Waals surface area (Å²) in [5.74, 6) is 1.76. The van der Waals surface area contributed by atoms with Gasteiger partial charge in [0.25, 0.3) is 5.56 Å². The lowest BCUT2D eigenvalue weighted by Crippen LogP contribution is -2.39. The maximum Gasteiger partial charge on any atom is 0.337 e. The van der Waals surface area contributed by atoms with E-state index in [-0.39, 0.29) is 11.1 Å². The summed E-state index contributed by atoms with van der Waals surface area (Å²) < 4.78 is 30.6. The molecule has 2 aromatic carbocycles. The maximum absolute atomic E-state index is 13.8. The molecule has 0 saturated carbocycles. The fraction of sp³-hybridized carbons (Fsp3) is 0.321. The van der Waals surface area contributed by atoms with Crippen molar-refractivity contribution in [1.29, 1.82) is 0 Å². The number of ether oxygens (including phenoxy) is 5. The molecule has 3 aromatic rings. The van der Waals surface area contributed by atoms with E-state index in [0.29, 0.717) is 57.7 Å². The number of nitrogens with zero attached hydrogens (tertiary/aromatic N) is 2. The molecule has 9 nitrogen and oxygen atoms in total. The van der Waals surface area contributed by atoms with Crippen LogP contribution in [0.4, 0.5) is 0 Å². The highest BCUT2D eigenvalue weighted by Gasteiger charge is 2.31. The molecular formula is C28H29IN2O7S. The second-order valence-corrected chi connectivity index (χ2v) is 10.4. The molecule has 0 fully saturated rings. The Bertz CT molecular complexity index is 1590. The van der Waals surface area contributed by atoms with Crippen molar-refractivity contribution >= 4 is 46.0 Å². The summed E-state index contributed by atoms with van der Waals surface area (Å²) in [6, 6.07) is 8.37. The van der Waals surface area contributed by atoms with Crippen LogP contribution in [0.1, 0.15) is 37.9 Å². The lowest BCUT2D eigenvalue weighted by molar-refractivity contribution is -0.136. The van der Waals surface area contributed by atoms with Crippen LogP contribution in [0.3, 0.4) is 0 Å². The highest BCUT2D eigenvalue weighted by molar-refractivity contribution is 14.1. The molecule has 0 saturated heterocycles. The highest BCUT2D eigenvalue weighted by atomic mass is 127. The molecule has 39 heavy (non-hydrogen) atoms. The number of halogens is 1. The fourth-order valence-corrected chi connectivity index (χ4v) is 6.00. The molecule has 0 aliphatic carbocycles. The topological polar surface area (TPSA) is 97.6 Å². The summed E-state index contributed by atoms with van der Waals surface area (Å²) in [5, 5.41) is 0. The van der Waals surface area contributed by atoms with E-state index in [4.69, 9.17) is 23.7 Å². The summed E-state index contributed by atoms with van der Waals surface area (Å²) >= 11 is 3.42. The predicted octanol–water partition coefficient (Wildman–Crippen LogP) is 3.83. The van der Waals surface area contributed by atoms with E-state index in [9.17, 15) is 9.59 Å². The zero-order chi connectivity index (χ0) is 28.1. The van der Waals surface area contributed by atoms with Gasteiger partial charge in [-0.05, 0) is 84.8 Å². The molecule has 206 valence electrons. The van der Waals surface area contributed by atoms with Gasteiger partial charge < -0.3 is 23.7 Å². The molecule has 2 heterocycles. The second kappa shape index (κ2) is 12.7. The number of aromatic nitrogens is 1. The Morgan fingerprint density at radius 3 is 2.41 bits per heavy atom. The first-order valence-electron chi connectivity index (χ1n) is 12.4. The third-order valence-corrected chi connectivity index (χ3v) is 7.64. The summed E-state index contributed by atoms with van der Waals surface area (Å²) in [4.78, 5) is 31.5. The SMILES string of the molecule is CCOc1ccc([C@@H]2C(C(=O)OC)=CN=c3s/c(=C/c4cc(I)c(OCC)c(OC)c4)c(=O)n32)cc1OCC. The van der Waals surface area contributed by atoms with E-state index in [1.165, 1.54) is 29.2 Å². The van der Waals surface area contributed by atoms with Gasteiger partial charge in [0.2, 0.25) is 0 Å². The molecule has 1 aliphatic rings. The van der Waals surface area contributed by atoms with Gasteiger partial charge in [0, 0.05) is 6.20 Å². The first-order valence-corrected chi connectivity index (χ1v) is 14.2. The minimum atomic E-state index is -0.763. The van der Waals surface area contributed by atoms with Crippen molar-refractivity contribution in [3.8, 4) is 23.0 Å². The Morgan fingerprint density at radius 2 is 1.74 bits per heavy atom. The number of hydrogen-bond acceptors (Lipinski definition) is 9. The molecular weight excluding hydrogens is 635 g/mol. The summed E-state index contributed by atoms with van der Waals surface area (Å²) in [5.41, 5.74) is 1.39. The summed E-state index contributed by atoms with van der Waals surface area (Å²) in [6.45, 7) is 7.07. The number of benzene rings is 2. The first-order chi connectivity index (χ1) is 18.9. The average molecular weight is 665 g/mol. The first kappa shape index (κ1) is 28.7. The Balaban J connectivity index is 1.89. The van der Waals surface area contributed by atoms with Crippen LogP contribution in [0.5, 0.6) is 23.0 Å². The third-order valence-electron chi connectivity index (χ3n) is 5.85. The molecule has 0 bridgehead atoms. The molecule has 11 heteroatoms. The minimum absolute atomic E-state index is 0.236. The largest absolute Gasteiger partial charge is 0.493 e. The van der Waals surface area contributed by atoms with Gasteiger partial charge in [0.05, 0.1) is 53.8 Å². The molecule has 0 N–H and O–H groups in total. The van der Waals surface area contributed by atoms with Crippen molar-refractivity contribution in [2.75, 3.05) is 34.0 Å². The van der Waals surface area contributed by atoms with E-state index < -0.39 is 12.0 Å². The zero-order valence-electron chi connectivity index (χ0n) is 22.3. The van der Waals surface area contributed by atoms with Crippen LogP contribution in [0.15, 0.2) is 51.9 Å². The molecule has 0 radical (unpaired) electrons. The normalized spacial score (nSPS) is 14.7. The number of fused-ring (bicyclic) bond motifs is 1. The van der Waals surface area contributed by atoms with E-state index in [0.717, 1.165) is 9.13 Å². The van der Waals surface area contributed by atoms with Crippen LogP contribution in [0.25, 0.3) is 6.08 Å². The smallest absolute Gasteiger partial charge is 0.337 e. The van der Waals surface area contributed by atoms with Gasteiger partial charge in [-0.3, -0.25) is 9.36 Å². The van der Waals surface area contributed by atoms with Crippen molar-refractivity contribution < 1.29 is 28.5 Å². The van der Waals surface area contributed by atoms with Gasteiger partial charge in [-0.15, -0.1) is 0 Å². The fourth-order valence-electron chi connectivity index (χ4n) is 4.25. The van der Waals surface area contributed by atoms with Crippen molar-refractivity contribution in [3.05, 3.63) is 76.5 Å². The van der Waals surface area contributed by atoms with Crippen LogP contribution in [-0.4, -0.2) is 44.6 Å². The number of hydrogen-bond donors (Lipinski definition) is 0. The van der Waals surface area contributed by atoms with E-state index >= 15 is 0 Å². The second-order valence-electron chi connectivity index (χ2n) is 8.22. The lowest BCUT2D eigenvalue weighted by atomic mass is 9.97. The lowest BCUT2D eigenvalue weighted by Gasteiger charge is -2.23. The predicted molar refractivity (Wildman–Crippen MR) is 157 cm³/mol. The van der Waals surface area contributed by atoms with Crippen LogP contribution in [0.2, 0.25) is 0 Å². The van der Waals surface area contributed by atoms with Gasteiger partial charge in [0.15, 0.2) is 27.8 Å². The van der Waals surface area contributed by atoms with Crippen molar-refractivity contribution in [1.82, 2.24) is 4.57 Å². The third kappa shape index (κ3) is 5.83. The Morgan fingerprint density at radius 1 is 1.03 bits per heavy atom. The molecule has 0 amide bonds. The quantitative estimate of drug-likeness (QED) is 0.240. The summed E-state index contributed by atoms with van der Waals surface area (Å²) in [6.07, 6.45) is 3.25. The highest BCUT2D eigenvalue weighted by Crippen LogP contribution is 2.36. The number of carbonyl (C=O) groups is 1. The van der Waals surface area contributed by atoms with Crippen molar-refractivity contribution in [2.45, 2.75) is 26.8 Å². The van der Waals surface area contributed by atoms with E-state index in [1.807, 2.05) is 39.0 Å². The number of rotatable bonds is 10. The Hall–Kier alpha value is -3.32. The number of esters is 1. The zero-order valence-corrected chi connectivity index (χ0v) is 25.3. The van der Waals surface area contributed by atoms with Crippen molar-refractivity contribution in [2.24, 2.45) is 4.99 Å². The molecule has 1 aliphatic heterocycles. The minimum Gasteiger partial charge on any atom is -0.493 e. The molecule has 1 atom stereocenters. The number of methoxy groups -OCH3 is 2. The van der Waals surface area contributed by atoms with Crippen LogP contribution < -0.4 is 33.8 Å². The monoisotopic (exact) mass is 664 g/mol. The van der Waals surface area contributed by atoms with Gasteiger partial charge in [-0.25, -0.2) is 9.79 Å². The summed E-state index contributed by atoms with van der Waals surface area (Å²) in [7, 11) is 2.88. The number of thiazole rings is 1. The molecule has 1 aromatic heterocycles. The molecule has 0 unspecified atom stereocenters. The van der Waals surface area contributed by atoms with Gasteiger partial charge >= 0.3 is 5.97 Å². The van der Waals surface area contributed by atoms with Crippen molar-refractivity contribution in [3.63, 3.8) is 0 Å². The van der Waals surface area contributed by atoms with Gasteiger partial charge in [-0.1, -0.05) is 17.4 Å². The standard InChI is InChI=1S/C28H29IN2O7S/c1-6-36-20-10-9-17(14-21(20)37-7-2)24-18(27(33)35-5)15-30-28-31(24)26(32)23(39-28)13-16-11-19(29)25(38-8-3)22(12-16)34-4/h9-15,24H,6-8H2,1-5H3/b23-13+/t24-/m1/s1. The number of carbonyl (C=O) groups excluding carboxylic acids is 1. The van der Waals surface area contributed by atoms with E-state index in [2.05, 4.69) is 27.6 Å². The van der Waals surface area contributed by atoms with Crippen LogP contribution >= 0.6 is 33.9 Å². The van der Waals surface area contributed by atoms with Crippen LogP contribution in [-0.2, 0) is 9.53 Å². The van der Waals surface area contributed by atoms with Gasteiger partial charge in [0.1, 0.15) is 0 Å². The van der Waals surface area contributed by atoms with Crippen LogP contribution in [0, 0.1) is 3.57 Å². The average Bonchev–Trinajstić information content (AvgIpc) is 3.25. The maximum atomic E-state index is 13.8.